The molecule has 2 aromatic heterocycles. The molecule has 0 fully saturated rings. The van der Waals surface area contributed by atoms with Crippen LogP contribution in [0.5, 0.6) is 0 Å². The Bertz CT molecular complexity index is 634. The van der Waals surface area contributed by atoms with Crippen LogP contribution in [-0.4, -0.2) is 14.9 Å². The zero-order chi connectivity index (χ0) is 12.4. The van der Waals surface area contributed by atoms with Gasteiger partial charge in [0.2, 0.25) is 0 Å². The lowest BCUT2D eigenvalue weighted by Crippen LogP contribution is -2.11. The second kappa shape index (κ2) is 4.17. The van der Waals surface area contributed by atoms with E-state index >= 15 is 0 Å². The number of nitrogens with zero attached hydrogens (tertiary/aromatic N) is 2. The quantitative estimate of drug-likeness (QED) is 0.628. The van der Waals surface area contributed by atoms with Crippen molar-refractivity contribution >= 4 is 5.69 Å². The molecule has 2 heterocycles. The smallest absolute Gasteiger partial charge is 0.316 e. The van der Waals surface area contributed by atoms with E-state index in [4.69, 9.17) is 0 Å². The molecule has 0 aromatic carbocycles. The first kappa shape index (κ1) is 11.0. The fourth-order valence-electron chi connectivity index (χ4n) is 1.54. The number of pyridine rings is 2. The summed E-state index contributed by atoms with van der Waals surface area (Å²) in [5.41, 5.74) is 1.06. The van der Waals surface area contributed by atoms with E-state index in [1.807, 2.05) is 6.92 Å². The Morgan fingerprint density at radius 1 is 1.35 bits per heavy atom. The van der Waals surface area contributed by atoms with Crippen LogP contribution < -0.4 is 5.56 Å². The molecule has 0 spiro atoms. The maximum Gasteiger partial charge on any atom is 0.333 e. The zero-order valence-corrected chi connectivity index (χ0v) is 9.01. The van der Waals surface area contributed by atoms with E-state index in [0.717, 1.165) is 11.1 Å². The standard InChI is InChI=1S/C11H9N3O3/c1-7-6-12-5-4-8(7)9-2-3-10(14(16)17)11(15)13-9/h2-6H,1H3,(H,13,15). The van der Waals surface area contributed by atoms with Gasteiger partial charge >= 0.3 is 11.2 Å². The number of H-pyrrole nitrogens is 1. The van der Waals surface area contributed by atoms with Crippen molar-refractivity contribution in [3.63, 3.8) is 0 Å². The summed E-state index contributed by atoms with van der Waals surface area (Å²) in [4.78, 5) is 27.7. The second-order valence-corrected chi connectivity index (χ2v) is 3.53. The highest BCUT2D eigenvalue weighted by Gasteiger charge is 2.12. The van der Waals surface area contributed by atoms with Crippen LogP contribution in [0.1, 0.15) is 5.56 Å². The van der Waals surface area contributed by atoms with Crippen LogP contribution in [0.25, 0.3) is 11.3 Å². The van der Waals surface area contributed by atoms with E-state index in [1.54, 1.807) is 18.5 Å². The fourth-order valence-corrected chi connectivity index (χ4v) is 1.54. The van der Waals surface area contributed by atoms with Crippen molar-refractivity contribution in [3.8, 4) is 11.3 Å². The van der Waals surface area contributed by atoms with Crippen molar-refractivity contribution in [3.05, 3.63) is 56.6 Å². The lowest BCUT2D eigenvalue weighted by atomic mass is 10.1. The van der Waals surface area contributed by atoms with Gasteiger partial charge in [-0.2, -0.15) is 0 Å². The lowest BCUT2D eigenvalue weighted by Gasteiger charge is -2.04. The Kier molecular flexibility index (Phi) is 2.70. The average molecular weight is 231 g/mol. The summed E-state index contributed by atoms with van der Waals surface area (Å²) in [6, 6.07) is 4.46. The minimum atomic E-state index is -0.706. The van der Waals surface area contributed by atoms with Gasteiger partial charge in [-0.05, 0) is 24.6 Å². The Morgan fingerprint density at radius 3 is 2.71 bits per heavy atom. The summed E-state index contributed by atoms with van der Waals surface area (Å²) < 4.78 is 0. The van der Waals surface area contributed by atoms with Crippen LogP contribution in [0.2, 0.25) is 0 Å². The molecule has 0 aliphatic heterocycles. The second-order valence-electron chi connectivity index (χ2n) is 3.53. The van der Waals surface area contributed by atoms with Crippen LogP contribution in [0.3, 0.4) is 0 Å². The van der Waals surface area contributed by atoms with E-state index in [1.165, 1.54) is 12.1 Å². The third-order valence-electron chi connectivity index (χ3n) is 2.40. The molecule has 2 aromatic rings. The topological polar surface area (TPSA) is 88.9 Å². The van der Waals surface area contributed by atoms with Crippen molar-refractivity contribution in [2.75, 3.05) is 0 Å². The lowest BCUT2D eigenvalue weighted by molar-refractivity contribution is -0.386. The monoisotopic (exact) mass is 231 g/mol. The number of nitrogens with one attached hydrogen (secondary N) is 1. The molecule has 0 aliphatic carbocycles. The van der Waals surface area contributed by atoms with Gasteiger partial charge in [0, 0.05) is 29.7 Å². The number of hydrogen-bond donors (Lipinski definition) is 1. The third-order valence-corrected chi connectivity index (χ3v) is 2.40. The Morgan fingerprint density at radius 2 is 2.12 bits per heavy atom. The summed E-state index contributed by atoms with van der Waals surface area (Å²) in [6.45, 7) is 1.85. The van der Waals surface area contributed by atoms with Gasteiger partial charge in [0.15, 0.2) is 0 Å². The normalized spacial score (nSPS) is 10.2. The summed E-state index contributed by atoms with van der Waals surface area (Å²) in [5.74, 6) is 0. The zero-order valence-electron chi connectivity index (χ0n) is 9.01. The molecular weight excluding hydrogens is 222 g/mol. The summed E-state index contributed by atoms with van der Waals surface area (Å²) in [6.07, 6.45) is 3.26. The average Bonchev–Trinajstić information content (AvgIpc) is 2.29. The van der Waals surface area contributed by atoms with Crippen molar-refractivity contribution in [2.45, 2.75) is 6.92 Å². The Balaban J connectivity index is 2.57. The number of aromatic amines is 1. The van der Waals surface area contributed by atoms with Gasteiger partial charge in [-0.3, -0.25) is 19.9 Å². The minimum absolute atomic E-state index is 0.458. The molecular formula is C11H9N3O3. The molecule has 0 amide bonds. The van der Waals surface area contributed by atoms with E-state index in [-0.39, 0.29) is 0 Å². The molecule has 0 radical (unpaired) electrons. The molecule has 0 saturated carbocycles. The summed E-state index contributed by atoms with van der Waals surface area (Å²) >= 11 is 0. The first-order valence-electron chi connectivity index (χ1n) is 4.88. The first-order valence-corrected chi connectivity index (χ1v) is 4.88. The Hall–Kier alpha value is -2.50. The van der Waals surface area contributed by atoms with Crippen LogP contribution in [0.15, 0.2) is 35.4 Å². The number of rotatable bonds is 2. The molecule has 86 valence electrons. The van der Waals surface area contributed by atoms with Gasteiger partial charge in [0.25, 0.3) is 0 Å². The maximum atomic E-state index is 11.5. The van der Waals surface area contributed by atoms with Gasteiger partial charge in [-0.15, -0.1) is 0 Å². The largest absolute Gasteiger partial charge is 0.333 e. The van der Waals surface area contributed by atoms with Gasteiger partial charge < -0.3 is 4.98 Å². The van der Waals surface area contributed by atoms with Gasteiger partial charge in [-0.1, -0.05) is 0 Å². The number of aryl methyl sites for hydroxylation is 1. The predicted molar refractivity (Wildman–Crippen MR) is 61.7 cm³/mol. The van der Waals surface area contributed by atoms with Crippen LogP contribution in [-0.2, 0) is 0 Å². The highest BCUT2D eigenvalue weighted by atomic mass is 16.6. The van der Waals surface area contributed by atoms with E-state index in [0.29, 0.717) is 5.69 Å². The molecule has 0 bridgehead atoms. The number of nitro groups is 1. The molecule has 0 unspecified atom stereocenters. The summed E-state index contributed by atoms with van der Waals surface area (Å²) in [7, 11) is 0. The SMILES string of the molecule is Cc1cnccc1-c1ccc([N+](=O)[O-])c(=O)[nH]1. The van der Waals surface area contributed by atoms with E-state index in [2.05, 4.69) is 9.97 Å². The van der Waals surface area contributed by atoms with Crippen molar-refractivity contribution in [1.29, 1.82) is 0 Å². The van der Waals surface area contributed by atoms with E-state index < -0.39 is 16.2 Å². The third kappa shape index (κ3) is 2.05. The highest BCUT2D eigenvalue weighted by molar-refractivity contribution is 5.62. The van der Waals surface area contributed by atoms with Crippen LogP contribution in [0.4, 0.5) is 5.69 Å². The molecule has 6 nitrogen and oxygen atoms in total. The van der Waals surface area contributed by atoms with Crippen molar-refractivity contribution in [2.24, 2.45) is 0 Å². The first-order chi connectivity index (χ1) is 8.09. The maximum absolute atomic E-state index is 11.5. The van der Waals surface area contributed by atoms with E-state index in [9.17, 15) is 14.9 Å². The summed E-state index contributed by atoms with van der Waals surface area (Å²) in [5, 5.41) is 10.5. The minimum Gasteiger partial charge on any atom is -0.316 e. The number of aromatic nitrogens is 2. The number of hydrogen-bond acceptors (Lipinski definition) is 4. The molecule has 1 N–H and O–H groups in total. The van der Waals surface area contributed by atoms with Crippen LogP contribution in [0, 0.1) is 17.0 Å². The Labute approximate surface area is 96.1 Å². The molecule has 6 heteroatoms. The predicted octanol–water partition coefficient (Wildman–Crippen LogP) is 1.65. The van der Waals surface area contributed by atoms with Crippen molar-refractivity contribution in [1.82, 2.24) is 9.97 Å². The molecule has 0 saturated heterocycles. The fraction of sp³-hybridized carbons (Fsp3) is 0.0909. The highest BCUT2D eigenvalue weighted by Crippen LogP contribution is 2.19. The molecule has 0 atom stereocenters. The van der Waals surface area contributed by atoms with Crippen molar-refractivity contribution < 1.29 is 4.92 Å². The van der Waals surface area contributed by atoms with Crippen LogP contribution >= 0.6 is 0 Å². The molecule has 0 aliphatic rings. The van der Waals surface area contributed by atoms with Gasteiger partial charge in [0.1, 0.15) is 0 Å². The van der Waals surface area contributed by atoms with Gasteiger partial charge in [-0.25, -0.2) is 0 Å². The van der Waals surface area contributed by atoms with Gasteiger partial charge in [0.05, 0.1) is 4.92 Å². The molecule has 2 rings (SSSR count). The molecule has 17 heavy (non-hydrogen) atoms.